The molecule has 7 heteroatoms. The van der Waals surface area contributed by atoms with Crippen LogP contribution in [-0.4, -0.2) is 15.0 Å². The number of hydrogen-bond donors (Lipinski definition) is 2. The maximum Gasteiger partial charge on any atom is 0.159 e. The number of aromatic nitrogens is 2. The summed E-state index contributed by atoms with van der Waals surface area (Å²) in [6.45, 7) is 1.48. The summed E-state index contributed by atoms with van der Waals surface area (Å²) in [5.41, 5.74) is 5.87. The number of anilines is 2. The summed E-state index contributed by atoms with van der Waals surface area (Å²) in [6.07, 6.45) is 2.80. The van der Waals surface area contributed by atoms with Crippen LogP contribution >= 0.6 is 12.2 Å². The summed E-state index contributed by atoms with van der Waals surface area (Å²) >= 11 is 4.81. The maximum absolute atomic E-state index is 13.7. The molecule has 0 spiro atoms. The third-order valence-electron chi connectivity index (χ3n) is 2.43. The van der Waals surface area contributed by atoms with Crippen LogP contribution in [0.4, 0.5) is 20.3 Å². The Morgan fingerprint density at radius 3 is 2.58 bits per heavy atom. The molecule has 0 aliphatic heterocycles. The van der Waals surface area contributed by atoms with Crippen molar-refractivity contribution in [1.29, 1.82) is 0 Å². The lowest BCUT2D eigenvalue weighted by Gasteiger charge is -2.10. The number of halogens is 2. The van der Waals surface area contributed by atoms with Gasteiger partial charge in [-0.15, -0.1) is 0 Å². The second kappa shape index (κ2) is 5.23. The molecule has 0 saturated heterocycles. The van der Waals surface area contributed by atoms with Gasteiger partial charge in [0.1, 0.15) is 22.3 Å². The third kappa shape index (κ3) is 2.82. The van der Waals surface area contributed by atoms with Crippen LogP contribution in [0.1, 0.15) is 11.3 Å². The van der Waals surface area contributed by atoms with E-state index in [1.54, 1.807) is 0 Å². The lowest BCUT2D eigenvalue weighted by atomic mass is 10.2. The van der Waals surface area contributed by atoms with Crippen LogP contribution in [0.2, 0.25) is 0 Å². The van der Waals surface area contributed by atoms with Gasteiger partial charge in [0.05, 0.1) is 5.69 Å². The molecule has 0 saturated carbocycles. The first-order valence-electron chi connectivity index (χ1n) is 5.32. The van der Waals surface area contributed by atoms with Crippen LogP contribution < -0.4 is 11.1 Å². The zero-order valence-electron chi connectivity index (χ0n) is 9.95. The van der Waals surface area contributed by atoms with Gasteiger partial charge in [-0.3, -0.25) is 0 Å². The van der Waals surface area contributed by atoms with Crippen LogP contribution in [0.5, 0.6) is 0 Å². The quantitative estimate of drug-likeness (QED) is 0.845. The van der Waals surface area contributed by atoms with Crippen LogP contribution in [0.3, 0.4) is 0 Å². The highest BCUT2D eigenvalue weighted by molar-refractivity contribution is 7.80. The monoisotopic (exact) mass is 280 g/mol. The topological polar surface area (TPSA) is 63.8 Å². The predicted octanol–water partition coefficient (Wildman–Crippen LogP) is 2.44. The molecular formula is C12H10F2N4S. The van der Waals surface area contributed by atoms with Gasteiger partial charge in [-0.2, -0.15) is 0 Å². The van der Waals surface area contributed by atoms with E-state index < -0.39 is 11.6 Å². The van der Waals surface area contributed by atoms with Crippen LogP contribution in [0.25, 0.3) is 0 Å². The number of nitrogens with two attached hydrogens (primary N) is 1. The third-order valence-corrected chi connectivity index (χ3v) is 2.63. The molecule has 1 aromatic heterocycles. The molecule has 0 amide bonds. The van der Waals surface area contributed by atoms with Crippen LogP contribution in [0.15, 0.2) is 24.5 Å². The van der Waals surface area contributed by atoms with E-state index in [9.17, 15) is 8.78 Å². The SMILES string of the molecule is Cc1cc(F)c(Nc2nccnc2C(N)=S)cc1F. The largest absolute Gasteiger partial charge is 0.388 e. The fraction of sp³-hybridized carbons (Fsp3) is 0.0833. The van der Waals surface area contributed by atoms with Gasteiger partial charge >= 0.3 is 0 Å². The summed E-state index contributed by atoms with van der Waals surface area (Å²) < 4.78 is 27.1. The van der Waals surface area contributed by atoms with Crippen molar-refractivity contribution in [2.45, 2.75) is 6.92 Å². The number of aryl methyl sites for hydroxylation is 1. The minimum absolute atomic E-state index is 0.0172. The number of hydrogen-bond acceptors (Lipinski definition) is 4. The summed E-state index contributed by atoms with van der Waals surface area (Å²) in [5.74, 6) is -0.944. The summed E-state index contributed by atoms with van der Waals surface area (Å²) in [6, 6.07) is 2.14. The van der Waals surface area contributed by atoms with Gasteiger partial charge in [0, 0.05) is 18.5 Å². The molecule has 98 valence electrons. The summed E-state index contributed by atoms with van der Waals surface area (Å²) in [5, 5.41) is 2.63. The Bertz CT molecular complexity index is 646. The second-order valence-electron chi connectivity index (χ2n) is 3.82. The van der Waals surface area contributed by atoms with Crippen molar-refractivity contribution in [2.24, 2.45) is 5.73 Å². The molecule has 2 rings (SSSR count). The van der Waals surface area contributed by atoms with E-state index >= 15 is 0 Å². The van der Waals surface area contributed by atoms with E-state index in [-0.39, 0.29) is 27.8 Å². The molecule has 19 heavy (non-hydrogen) atoms. The highest BCUT2D eigenvalue weighted by Gasteiger charge is 2.12. The molecule has 0 bridgehead atoms. The molecule has 4 nitrogen and oxygen atoms in total. The van der Waals surface area contributed by atoms with Crippen molar-refractivity contribution in [3.05, 3.63) is 47.4 Å². The highest BCUT2D eigenvalue weighted by Crippen LogP contribution is 2.23. The molecule has 0 aliphatic carbocycles. The van der Waals surface area contributed by atoms with E-state index in [4.69, 9.17) is 18.0 Å². The molecule has 0 atom stereocenters. The molecule has 3 N–H and O–H groups in total. The van der Waals surface area contributed by atoms with Gasteiger partial charge in [0.2, 0.25) is 0 Å². The molecule has 0 unspecified atom stereocenters. The Kier molecular flexibility index (Phi) is 3.66. The molecule has 0 aliphatic rings. The van der Waals surface area contributed by atoms with Gasteiger partial charge in [-0.25, -0.2) is 18.7 Å². The Morgan fingerprint density at radius 2 is 1.89 bits per heavy atom. The lowest BCUT2D eigenvalue weighted by molar-refractivity contribution is 0.595. The zero-order valence-corrected chi connectivity index (χ0v) is 10.8. The molecule has 1 heterocycles. The van der Waals surface area contributed by atoms with Crippen molar-refractivity contribution >= 4 is 28.7 Å². The lowest BCUT2D eigenvalue weighted by Crippen LogP contribution is -2.15. The minimum atomic E-state index is -0.599. The van der Waals surface area contributed by atoms with Crippen LogP contribution in [0, 0.1) is 18.6 Å². The fourth-order valence-electron chi connectivity index (χ4n) is 1.48. The second-order valence-corrected chi connectivity index (χ2v) is 4.26. The minimum Gasteiger partial charge on any atom is -0.388 e. The molecule has 0 radical (unpaired) electrons. The van der Waals surface area contributed by atoms with Crippen LogP contribution in [-0.2, 0) is 0 Å². The van der Waals surface area contributed by atoms with Crippen molar-refractivity contribution in [1.82, 2.24) is 9.97 Å². The normalized spacial score (nSPS) is 10.3. The predicted molar refractivity (Wildman–Crippen MR) is 72.3 cm³/mol. The number of rotatable bonds is 3. The van der Waals surface area contributed by atoms with Crippen molar-refractivity contribution < 1.29 is 8.78 Å². The maximum atomic E-state index is 13.7. The van der Waals surface area contributed by atoms with Gasteiger partial charge in [-0.05, 0) is 18.6 Å². The van der Waals surface area contributed by atoms with Gasteiger partial charge < -0.3 is 11.1 Å². The van der Waals surface area contributed by atoms with E-state index in [2.05, 4.69) is 15.3 Å². The first-order chi connectivity index (χ1) is 8.99. The first kappa shape index (κ1) is 13.3. The number of nitrogens with one attached hydrogen (secondary N) is 1. The summed E-state index contributed by atoms with van der Waals surface area (Å²) in [4.78, 5) is 7.91. The molecule has 2 aromatic rings. The Balaban J connectivity index is 2.42. The van der Waals surface area contributed by atoms with Gasteiger partial charge in [-0.1, -0.05) is 12.2 Å². The highest BCUT2D eigenvalue weighted by atomic mass is 32.1. The average Bonchev–Trinajstić information content (AvgIpc) is 2.36. The van der Waals surface area contributed by atoms with Gasteiger partial charge in [0.15, 0.2) is 5.82 Å². The Labute approximate surface area is 113 Å². The van der Waals surface area contributed by atoms with E-state index in [0.717, 1.165) is 12.1 Å². The number of benzene rings is 1. The Morgan fingerprint density at radius 1 is 1.21 bits per heavy atom. The number of nitrogens with zero attached hydrogens (tertiary/aromatic N) is 2. The smallest absolute Gasteiger partial charge is 0.159 e. The van der Waals surface area contributed by atoms with Crippen molar-refractivity contribution in [3.8, 4) is 0 Å². The van der Waals surface area contributed by atoms with E-state index in [1.165, 1.54) is 19.3 Å². The van der Waals surface area contributed by atoms with Crippen molar-refractivity contribution in [3.63, 3.8) is 0 Å². The fourth-order valence-corrected chi connectivity index (χ4v) is 1.63. The van der Waals surface area contributed by atoms with Gasteiger partial charge in [0.25, 0.3) is 0 Å². The molecule has 0 fully saturated rings. The average molecular weight is 280 g/mol. The zero-order chi connectivity index (χ0) is 14.0. The van der Waals surface area contributed by atoms with Crippen molar-refractivity contribution in [2.75, 3.05) is 5.32 Å². The molecular weight excluding hydrogens is 270 g/mol. The van der Waals surface area contributed by atoms with E-state index in [1.807, 2.05) is 0 Å². The first-order valence-corrected chi connectivity index (χ1v) is 5.73. The number of thiocarbonyl (C=S) groups is 1. The summed E-state index contributed by atoms with van der Waals surface area (Å²) in [7, 11) is 0. The standard InChI is InChI=1S/C12H10F2N4S/c1-6-4-8(14)9(5-7(6)13)18-12-10(11(15)19)16-2-3-17-12/h2-5H,1H3,(H2,15,19)(H,17,18). The Hall–Kier alpha value is -2.15. The van der Waals surface area contributed by atoms with E-state index in [0.29, 0.717) is 0 Å². The molecule has 1 aromatic carbocycles.